The molecule has 2 heterocycles. The van der Waals surface area contributed by atoms with Gasteiger partial charge in [-0.3, -0.25) is 4.79 Å². The van der Waals surface area contributed by atoms with Crippen molar-refractivity contribution in [3.05, 3.63) is 18.2 Å². The van der Waals surface area contributed by atoms with Gasteiger partial charge in [0, 0.05) is 32.5 Å². The number of imidazole rings is 1. The molecule has 2 rings (SSSR count). The smallest absolute Gasteiger partial charge is 0.317 e. The number of hydrogen-bond donors (Lipinski definition) is 2. The third-order valence-corrected chi connectivity index (χ3v) is 4.31. The van der Waals surface area contributed by atoms with Crippen LogP contribution in [0.4, 0.5) is 4.79 Å². The number of aryl methyl sites for hydroxylation is 1. The molecule has 1 atom stereocenters. The SMILES string of the molecule is CCC1(C(=O)O)CCCN(C(=O)NCc2nccn2C)C1. The van der Waals surface area contributed by atoms with Crippen molar-refractivity contribution >= 4 is 12.0 Å². The van der Waals surface area contributed by atoms with Crippen LogP contribution in [0.1, 0.15) is 32.0 Å². The molecule has 1 saturated heterocycles. The first-order valence-electron chi connectivity index (χ1n) is 7.21. The molecule has 7 heteroatoms. The van der Waals surface area contributed by atoms with Crippen LogP contribution >= 0.6 is 0 Å². The van der Waals surface area contributed by atoms with Crippen LogP contribution < -0.4 is 5.32 Å². The molecule has 1 fully saturated rings. The number of carbonyl (C=O) groups is 2. The summed E-state index contributed by atoms with van der Waals surface area (Å²) in [6.07, 6.45) is 5.37. The Balaban J connectivity index is 1.96. The minimum Gasteiger partial charge on any atom is -0.481 e. The molecule has 0 spiro atoms. The van der Waals surface area contributed by atoms with Gasteiger partial charge in [0.1, 0.15) is 5.82 Å². The largest absolute Gasteiger partial charge is 0.481 e. The fourth-order valence-corrected chi connectivity index (χ4v) is 2.75. The van der Waals surface area contributed by atoms with Crippen molar-refractivity contribution in [2.24, 2.45) is 12.5 Å². The highest BCUT2D eigenvalue weighted by Crippen LogP contribution is 2.33. The zero-order chi connectivity index (χ0) is 15.5. The van der Waals surface area contributed by atoms with Crippen molar-refractivity contribution in [3.8, 4) is 0 Å². The zero-order valence-electron chi connectivity index (χ0n) is 12.5. The lowest BCUT2D eigenvalue weighted by atomic mass is 9.78. The van der Waals surface area contributed by atoms with Gasteiger partial charge in [-0.05, 0) is 19.3 Å². The Bertz CT molecular complexity index is 528. The molecule has 1 unspecified atom stereocenters. The van der Waals surface area contributed by atoms with Gasteiger partial charge in [-0.25, -0.2) is 9.78 Å². The van der Waals surface area contributed by atoms with E-state index in [0.29, 0.717) is 25.9 Å². The summed E-state index contributed by atoms with van der Waals surface area (Å²) >= 11 is 0. The summed E-state index contributed by atoms with van der Waals surface area (Å²) < 4.78 is 1.84. The standard InChI is InChI=1S/C14H22N4O3/c1-3-14(12(19)20)5-4-7-18(10-14)13(21)16-9-11-15-6-8-17(11)2/h6,8H,3-5,7,9-10H2,1-2H3,(H,16,21)(H,19,20). The summed E-state index contributed by atoms with van der Waals surface area (Å²) in [4.78, 5) is 29.5. The highest BCUT2D eigenvalue weighted by atomic mass is 16.4. The van der Waals surface area contributed by atoms with E-state index in [0.717, 1.165) is 12.2 Å². The van der Waals surface area contributed by atoms with Gasteiger partial charge in [-0.1, -0.05) is 6.92 Å². The van der Waals surface area contributed by atoms with E-state index in [1.165, 1.54) is 0 Å². The maximum absolute atomic E-state index is 12.2. The third kappa shape index (κ3) is 3.17. The van der Waals surface area contributed by atoms with E-state index in [9.17, 15) is 14.7 Å². The summed E-state index contributed by atoms with van der Waals surface area (Å²) in [7, 11) is 1.86. The average Bonchev–Trinajstić information content (AvgIpc) is 2.89. The Labute approximate surface area is 124 Å². The number of amides is 2. The molecule has 0 saturated carbocycles. The number of aliphatic carboxylic acids is 1. The molecule has 2 N–H and O–H groups in total. The first-order chi connectivity index (χ1) is 9.98. The molecule has 0 aromatic carbocycles. The maximum Gasteiger partial charge on any atom is 0.317 e. The van der Waals surface area contributed by atoms with Crippen LogP contribution in [0.25, 0.3) is 0 Å². The van der Waals surface area contributed by atoms with E-state index in [-0.39, 0.29) is 12.6 Å². The molecule has 1 aliphatic rings. The van der Waals surface area contributed by atoms with Gasteiger partial charge >= 0.3 is 12.0 Å². The number of aromatic nitrogens is 2. The van der Waals surface area contributed by atoms with Gasteiger partial charge < -0.3 is 19.9 Å². The van der Waals surface area contributed by atoms with Crippen molar-refractivity contribution in [2.75, 3.05) is 13.1 Å². The van der Waals surface area contributed by atoms with Crippen molar-refractivity contribution in [3.63, 3.8) is 0 Å². The summed E-state index contributed by atoms with van der Waals surface area (Å²) in [5.74, 6) is -0.0491. The Kier molecular flexibility index (Phi) is 4.50. The van der Waals surface area contributed by atoms with Gasteiger partial charge in [-0.15, -0.1) is 0 Å². The number of nitrogens with one attached hydrogen (secondary N) is 1. The van der Waals surface area contributed by atoms with Crippen molar-refractivity contribution in [1.29, 1.82) is 0 Å². The average molecular weight is 294 g/mol. The number of urea groups is 1. The van der Waals surface area contributed by atoms with E-state index in [2.05, 4.69) is 10.3 Å². The number of carbonyl (C=O) groups excluding carboxylic acids is 1. The third-order valence-electron chi connectivity index (χ3n) is 4.31. The van der Waals surface area contributed by atoms with E-state index >= 15 is 0 Å². The molecular formula is C14H22N4O3. The van der Waals surface area contributed by atoms with Gasteiger partial charge in [0.05, 0.1) is 12.0 Å². The number of carboxylic acids is 1. The summed E-state index contributed by atoms with van der Waals surface area (Å²) in [6.45, 7) is 3.07. The second-order valence-electron chi connectivity index (χ2n) is 5.58. The lowest BCUT2D eigenvalue weighted by Crippen LogP contribution is -2.52. The highest BCUT2D eigenvalue weighted by molar-refractivity contribution is 5.78. The Morgan fingerprint density at radius 1 is 1.52 bits per heavy atom. The first kappa shape index (κ1) is 15.3. The highest BCUT2D eigenvalue weighted by Gasteiger charge is 2.42. The summed E-state index contributed by atoms with van der Waals surface area (Å²) in [5, 5.41) is 12.2. The van der Waals surface area contributed by atoms with Gasteiger partial charge in [-0.2, -0.15) is 0 Å². The molecule has 21 heavy (non-hydrogen) atoms. The number of likely N-dealkylation sites (tertiary alicyclic amines) is 1. The molecule has 116 valence electrons. The first-order valence-corrected chi connectivity index (χ1v) is 7.21. The van der Waals surface area contributed by atoms with Crippen molar-refractivity contribution in [2.45, 2.75) is 32.7 Å². The molecule has 1 aliphatic heterocycles. The molecule has 0 radical (unpaired) electrons. The van der Waals surface area contributed by atoms with Crippen LogP contribution in [0.15, 0.2) is 12.4 Å². The zero-order valence-corrected chi connectivity index (χ0v) is 12.5. The van der Waals surface area contributed by atoms with E-state index in [4.69, 9.17) is 0 Å². The lowest BCUT2D eigenvalue weighted by molar-refractivity contribution is -0.152. The van der Waals surface area contributed by atoms with Crippen LogP contribution in [0.2, 0.25) is 0 Å². The van der Waals surface area contributed by atoms with Crippen LogP contribution in [0, 0.1) is 5.41 Å². The van der Waals surface area contributed by atoms with Gasteiger partial charge in [0.15, 0.2) is 0 Å². The number of rotatable bonds is 4. The number of nitrogens with zero attached hydrogens (tertiary/aromatic N) is 3. The predicted octanol–water partition coefficient (Wildman–Crippen LogP) is 1.21. The molecule has 7 nitrogen and oxygen atoms in total. The molecule has 1 aromatic rings. The molecule has 0 aliphatic carbocycles. The maximum atomic E-state index is 12.2. The number of carboxylic acid groups (broad SMARTS) is 1. The Morgan fingerprint density at radius 2 is 2.29 bits per heavy atom. The fourth-order valence-electron chi connectivity index (χ4n) is 2.75. The minimum atomic E-state index is -0.813. The summed E-state index contributed by atoms with van der Waals surface area (Å²) in [5.41, 5.74) is -0.807. The normalized spacial score (nSPS) is 22.1. The van der Waals surface area contributed by atoms with Gasteiger partial charge in [0.25, 0.3) is 0 Å². The second kappa shape index (κ2) is 6.15. The lowest BCUT2D eigenvalue weighted by Gasteiger charge is -2.39. The van der Waals surface area contributed by atoms with Crippen molar-refractivity contribution in [1.82, 2.24) is 19.8 Å². The van der Waals surface area contributed by atoms with Gasteiger partial charge in [0.2, 0.25) is 0 Å². The minimum absolute atomic E-state index is 0.225. The van der Waals surface area contributed by atoms with Crippen LogP contribution in [-0.2, 0) is 18.4 Å². The fraction of sp³-hybridized carbons (Fsp3) is 0.643. The molecule has 1 aromatic heterocycles. The Morgan fingerprint density at radius 3 is 2.86 bits per heavy atom. The summed E-state index contributed by atoms with van der Waals surface area (Å²) in [6, 6.07) is -0.225. The van der Waals surface area contributed by atoms with Crippen LogP contribution in [0.5, 0.6) is 0 Å². The second-order valence-corrected chi connectivity index (χ2v) is 5.58. The number of piperidine rings is 1. The molecule has 2 amide bonds. The van der Waals surface area contributed by atoms with Crippen LogP contribution in [-0.4, -0.2) is 44.6 Å². The predicted molar refractivity (Wildman–Crippen MR) is 76.6 cm³/mol. The number of hydrogen-bond acceptors (Lipinski definition) is 3. The molecule has 0 bridgehead atoms. The molecular weight excluding hydrogens is 272 g/mol. The van der Waals surface area contributed by atoms with Crippen LogP contribution in [0.3, 0.4) is 0 Å². The monoisotopic (exact) mass is 294 g/mol. The van der Waals surface area contributed by atoms with E-state index in [1.54, 1.807) is 11.1 Å². The topological polar surface area (TPSA) is 87.5 Å². The quantitative estimate of drug-likeness (QED) is 0.873. The Hall–Kier alpha value is -2.05. The van der Waals surface area contributed by atoms with Crippen molar-refractivity contribution < 1.29 is 14.7 Å². The van der Waals surface area contributed by atoms with E-state index in [1.807, 2.05) is 24.7 Å². The van der Waals surface area contributed by atoms with E-state index < -0.39 is 11.4 Å².